The molecular weight excluding hydrogens is 170 g/mol. The molecule has 3 rings (SSSR count). The Balaban J connectivity index is 2.04. The summed E-state index contributed by atoms with van der Waals surface area (Å²) in [4.78, 5) is 2.54. The molecule has 0 radical (unpaired) electrons. The fraction of sp³-hybridized carbons (Fsp3) is 0.462. The van der Waals surface area contributed by atoms with Gasteiger partial charge in [-0.25, -0.2) is 0 Å². The van der Waals surface area contributed by atoms with Crippen LogP contribution < -0.4 is 4.90 Å². The van der Waals surface area contributed by atoms with Gasteiger partial charge in [-0.15, -0.1) is 0 Å². The van der Waals surface area contributed by atoms with E-state index < -0.39 is 0 Å². The predicted octanol–water partition coefficient (Wildman–Crippen LogP) is 2.98. The van der Waals surface area contributed by atoms with Crippen molar-refractivity contribution in [1.82, 2.24) is 0 Å². The molecule has 1 heteroatoms. The van der Waals surface area contributed by atoms with E-state index in [1.165, 1.54) is 31.6 Å². The standard InChI is InChI=1S/C13H16N/c1-10-6-7-11-9-14(8-10)13-5-3-2-4-12(11)13/h2-5,11H,6-9H2,1H3/q+1. The van der Waals surface area contributed by atoms with Crippen molar-refractivity contribution in [2.24, 2.45) is 0 Å². The van der Waals surface area contributed by atoms with Crippen LogP contribution in [-0.2, 0) is 0 Å². The molecule has 2 aliphatic rings. The van der Waals surface area contributed by atoms with Crippen LogP contribution in [-0.4, -0.2) is 13.1 Å². The number of anilines is 1. The van der Waals surface area contributed by atoms with Crippen LogP contribution in [0, 0.1) is 5.92 Å². The molecule has 1 fully saturated rings. The lowest BCUT2D eigenvalue weighted by Crippen LogP contribution is -2.23. The largest absolute Gasteiger partial charge is 0.332 e. The molecule has 0 amide bonds. The van der Waals surface area contributed by atoms with E-state index in [0.717, 1.165) is 5.92 Å². The number of rotatable bonds is 0. The van der Waals surface area contributed by atoms with E-state index in [1.807, 2.05) is 0 Å². The van der Waals surface area contributed by atoms with Gasteiger partial charge >= 0.3 is 0 Å². The summed E-state index contributed by atoms with van der Waals surface area (Å²) >= 11 is 0. The van der Waals surface area contributed by atoms with Crippen molar-refractivity contribution in [2.45, 2.75) is 25.7 Å². The van der Waals surface area contributed by atoms with Gasteiger partial charge in [-0.2, -0.15) is 0 Å². The molecule has 0 saturated carbocycles. The van der Waals surface area contributed by atoms with Gasteiger partial charge in [0.15, 0.2) is 6.54 Å². The molecule has 1 atom stereocenters. The van der Waals surface area contributed by atoms with E-state index in [1.54, 1.807) is 11.5 Å². The highest BCUT2D eigenvalue weighted by molar-refractivity contribution is 5.61. The van der Waals surface area contributed by atoms with Gasteiger partial charge in [0.2, 0.25) is 0 Å². The molecule has 14 heavy (non-hydrogen) atoms. The Bertz CT molecular complexity index is 343. The molecule has 1 aromatic carbocycles. The Morgan fingerprint density at radius 2 is 2.21 bits per heavy atom. The highest BCUT2D eigenvalue weighted by Gasteiger charge is 2.35. The lowest BCUT2D eigenvalue weighted by molar-refractivity contribution is 0.664. The fourth-order valence-electron chi connectivity index (χ4n) is 2.81. The van der Waals surface area contributed by atoms with Crippen LogP contribution in [0.25, 0.3) is 0 Å². The average Bonchev–Trinajstić information content (AvgIpc) is 2.40. The summed E-state index contributed by atoms with van der Waals surface area (Å²) in [7, 11) is 0. The highest BCUT2D eigenvalue weighted by Crippen LogP contribution is 2.42. The maximum Gasteiger partial charge on any atom is 0.162 e. The van der Waals surface area contributed by atoms with E-state index in [0.29, 0.717) is 0 Å². The number of hydrogen-bond acceptors (Lipinski definition) is 1. The number of nitrogens with zero attached hydrogens (tertiary/aromatic N) is 1. The van der Waals surface area contributed by atoms with E-state index >= 15 is 0 Å². The van der Waals surface area contributed by atoms with E-state index in [4.69, 9.17) is 0 Å². The van der Waals surface area contributed by atoms with Crippen LogP contribution in [0.4, 0.5) is 5.69 Å². The molecule has 2 heterocycles. The Hall–Kier alpha value is -1.11. The number of hydrogen-bond donors (Lipinski definition) is 0. The van der Waals surface area contributed by atoms with Crippen molar-refractivity contribution in [3.05, 3.63) is 35.7 Å². The van der Waals surface area contributed by atoms with Crippen molar-refractivity contribution < 1.29 is 0 Å². The van der Waals surface area contributed by atoms with Gasteiger partial charge in [0.05, 0.1) is 13.3 Å². The second-order valence-corrected chi connectivity index (χ2v) is 4.63. The normalized spacial score (nSPS) is 24.8. The van der Waals surface area contributed by atoms with Gasteiger partial charge in [0.25, 0.3) is 0 Å². The molecule has 72 valence electrons. The van der Waals surface area contributed by atoms with Crippen molar-refractivity contribution in [3.63, 3.8) is 0 Å². The maximum absolute atomic E-state index is 2.54. The molecule has 0 N–H and O–H groups in total. The Labute approximate surface area is 85.7 Å². The lowest BCUT2D eigenvalue weighted by Gasteiger charge is -2.16. The predicted molar refractivity (Wildman–Crippen MR) is 59.5 cm³/mol. The first kappa shape index (κ1) is 8.22. The van der Waals surface area contributed by atoms with Gasteiger partial charge in [0, 0.05) is 18.2 Å². The molecule has 1 unspecified atom stereocenters. The molecular formula is C13H16N+. The SMILES string of the molecule is C[C+]1CCC2CN(C1)c1ccccc12. The summed E-state index contributed by atoms with van der Waals surface area (Å²) in [5.41, 5.74) is 3.07. The molecule has 1 saturated heterocycles. The van der Waals surface area contributed by atoms with Gasteiger partial charge < -0.3 is 4.90 Å². The van der Waals surface area contributed by atoms with E-state index in [-0.39, 0.29) is 0 Å². The zero-order valence-electron chi connectivity index (χ0n) is 8.66. The Morgan fingerprint density at radius 3 is 3.14 bits per heavy atom. The van der Waals surface area contributed by atoms with E-state index in [2.05, 4.69) is 36.1 Å². The van der Waals surface area contributed by atoms with Crippen molar-refractivity contribution in [1.29, 1.82) is 0 Å². The minimum Gasteiger partial charge on any atom is -0.332 e. The number of para-hydroxylation sites is 1. The van der Waals surface area contributed by atoms with Crippen molar-refractivity contribution in [2.75, 3.05) is 18.0 Å². The Kier molecular flexibility index (Phi) is 1.73. The van der Waals surface area contributed by atoms with Crippen LogP contribution in [0.2, 0.25) is 0 Å². The van der Waals surface area contributed by atoms with E-state index in [9.17, 15) is 0 Å². The summed E-state index contributed by atoms with van der Waals surface area (Å²) in [5, 5.41) is 0. The zero-order chi connectivity index (χ0) is 9.54. The molecule has 0 spiro atoms. The number of benzene rings is 1. The summed E-state index contributed by atoms with van der Waals surface area (Å²) < 4.78 is 0. The van der Waals surface area contributed by atoms with Gasteiger partial charge in [-0.1, -0.05) is 18.2 Å². The third-order valence-electron chi connectivity index (χ3n) is 3.54. The van der Waals surface area contributed by atoms with Crippen LogP contribution in [0.5, 0.6) is 0 Å². The summed E-state index contributed by atoms with van der Waals surface area (Å²) in [6.07, 6.45) is 2.66. The smallest absolute Gasteiger partial charge is 0.162 e. The molecule has 2 aliphatic heterocycles. The zero-order valence-corrected chi connectivity index (χ0v) is 8.66. The summed E-state index contributed by atoms with van der Waals surface area (Å²) in [6, 6.07) is 8.91. The molecule has 0 aromatic heterocycles. The van der Waals surface area contributed by atoms with Gasteiger partial charge in [0.1, 0.15) is 5.92 Å². The second-order valence-electron chi connectivity index (χ2n) is 4.63. The monoisotopic (exact) mass is 186 g/mol. The fourth-order valence-corrected chi connectivity index (χ4v) is 2.81. The third-order valence-corrected chi connectivity index (χ3v) is 3.54. The van der Waals surface area contributed by atoms with Gasteiger partial charge in [-0.3, -0.25) is 0 Å². The van der Waals surface area contributed by atoms with Crippen molar-refractivity contribution >= 4 is 5.69 Å². The number of fused-ring (bicyclic) bond motifs is 5. The molecule has 0 aliphatic carbocycles. The Morgan fingerprint density at radius 1 is 1.36 bits per heavy atom. The maximum atomic E-state index is 2.54. The first-order valence-corrected chi connectivity index (χ1v) is 5.50. The minimum atomic E-state index is 0.795. The minimum absolute atomic E-state index is 0.795. The first-order valence-electron chi connectivity index (χ1n) is 5.50. The molecule has 1 nitrogen and oxygen atoms in total. The highest BCUT2D eigenvalue weighted by atomic mass is 15.2. The first-order chi connectivity index (χ1) is 6.84. The average molecular weight is 186 g/mol. The summed E-state index contributed by atoms with van der Waals surface area (Å²) in [6.45, 7) is 4.72. The third kappa shape index (κ3) is 1.12. The lowest BCUT2D eigenvalue weighted by atomic mass is 9.93. The quantitative estimate of drug-likeness (QED) is 0.563. The van der Waals surface area contributed by atoms with Crippen LogP contribution in [0.3, 0.4) is 0 Å². The molecule has 1 aromatic rings. The van der Waals surface area contributed by atoms with Crippen LogP contribution in [0.15, 0.2) is 24.3 Å². The molecule has 2 bridgehead atoms. The van der Waals surface area contributed by atoms with Crippen LogP contribution >= 0.6 is 0 Å². The topological polar surface area (TPSA) is 3.24 Å². The van der Waals surface area contributed by atoms with Crippen molar-refractivity contribution in [3.8, 4) is 0 Å². The van der Waals surface area contributed by atoms with Crippen LogP contribution in [0.1, 0.15) is 31.2 Å². The summed E-state index contributed by atoms with van der Waals surface area (Å²) in [5.74, 6) is 2.44. The second kappa shape index (κ2) is 2.94. The van der Waals surface area contributed by atoms with Gasteiger partial charge in [-0.05, 0) is 18.1 Å².